The maximum Gasteiger partial charge on any atom is 0.258 e. The number of benzene rings is 2. The highest BCUT2D eigenvalue weighted by atomic mass is 35.5. The van der Waals surface area contributed by atoms with Gasteiger partial charge in [0.15, 0.2) is 0 Å². The van der Waals surface area contributed by atoms with Crippen LogP contribution in [0, 0.1) is 12.8 Å². The molecule has 1 amide bonds. The number of carbonyl (C=O) groups excluding carboxylic acids is 2. The Labute approximate surface area is 201 Å². The van der Waals surface area contributed by atoms with Crippen molar-refractivity contribution in [1.82, 2.24) is 15.0 Å². The van der Waals surface area contributed by atoms with Gasteiger partial charge in [0.25, 0.3) is 5.91 Å². The van der Waals surface area contributed by atoms with Gasteiger partial charge in [-0.3, -0.25) is 19.9 Å². The number of pyridine rings is 1. The average molecular weight is 475 g/mol. The van der Waals surface area contributed by atoms with Crippen LogP contribution in [0.2, 0.25) is 5.02 Å². The van der Waals surface area contributed by atoms with Crippen LogP contribution >= 0.6 is 11.6 Å². The summed E-state index contributed by atoms with van der Waals surface area (Å²) in [6, 6.07) is 10.7. The topological polar surface area (TPSA) is 97.0 Å². The summed E-state index contributed by atoms with van der Waals surface area (Å²) in [7, 11) is 0. The van der Waals surface area contributed by atoms with Gasteiger partial charge >= 0.3 is 0 Å². The zero-order valence-corrected chi connectivity index (χ0v) is 19.4. The first-order valence-corrected chi connectivity index (χ1v) is 11.5. The van der Waals surface area contributed by atoms with E-state index in [1.54, 1.807) is 42.9 Å². The first kappa shape index (κ1) is 22.1. The predicted molar refractivity (Wildman–Crippen MR) is 131 cm³/mol. The van der Waals surface area contributed by atoms with Gasteiger partial charge in [-0.05, 0) is 67.1 Å². The van der Waals surface area contributed by atoms with Gasteiger partial charge in [-0.15, -0.1) is 0 Å². The van der Waals surface area contributed by atoms with E-state index in [-0.39, 0.29) is 11.7 Å². The Morgan fingerprint density at radius 1 is 1.15 bits per heavy atom. The number of imidazole rings is 1. The second-order valence-electron chi connectivity index (χ2n) is 8.60. The molecule has 0 atom stereocenters. The Bertz CT molecular complexity index is 1380. The lowest BCUT2D eigenvalue weighted by Crippen LogP contribution is -2.14. The number of nitrogens with zero attached hydrogens (tertiary/aromatic N) is 2. The Hall–Kier alpha value is -3.71. The number of hydrogen-bond acceptors (Lipinski definition) is 5. The zero-order chi connectivity index (χ0) is 23.7. The van der Waals surface area contributed by atoms with E-state index in [1.807, 2.05) is 19.1 Å². The molecule has 1 fully saturated rings. The number of H-pyrrole nitrogens is 1. The summed E-state index contributed by atoms with van der Waals surface area (Å²) in [6.45, 7) is 1.86. The number of rotatable bonds is 8. The van der Waals surface area contributed by atoms with E-state index in [2.05, 4.69) is 20.3 Å². The third-order valence-electron chi connectivity index (χ3n) is 5.88. The first-order chi connectivity index (χ1) is 16.5. The van der Waals surface area contributed by atoms with Crippen LogP contribution in [0.1, 0.15) is 40.7 Å². The van der Waals surface area contributed by atoms with Crippen molar-refractivity contribution in [3.05, 3.63) is 76.7 Å². The average Bonchev–Trinajstić information content (AvgIpc) is 3.46. The highest BCUT2D eigenvalue weighted by Crippen LogP contribution is 2.35. The molecule has 1 aliphatic carbocycles. The number of hydrogen-bond donors (Lipinski definition) is 2. The third kappa shape index (κ3) is 4.94. The summed E-state index contributed by atoms with van der Waals surface area (Å²) in [5.74, 6) is 1.95. The Kier molecular flexibility index (Phi) is 6.02. The third-order valence-corrected chi connectivity index (χ3v) is 6.23. The van der Waals surface area contributed by atoms with Crippen molar-refractivity contribution < 1.29 is 14.3 Å². The second-order valence-corrected chi connectivity index (χ2v) is 9.01. The highest BCUT2D eigenvalue weighted by Gasteiger charge is 2.24. The maximum absolute atomic E-state index is 12.8. The summed E-state index contributed by atoms with van der Waals surface area (Å²) in [6.07, 6.45) is 8.13. The normalized spacial score (nSPS) is 13.1. The van der Waals surface area contributed by atoms with Crippen LogP contribution in [-0.4, -0.2) is 26.6 Å². The first-order valence-electron chi connectivity index (χ1n) is 11.1. The van der Waals surface area contributed by atoms with E-state index in [4.69, 9.17) is 16.3 Å². The Morgan fingerprint density at radius 3 is 2.74 bits per heavy atom. The lowest BCUT2D eigenvalue weighted by atomic mass is 10.0. The molecule has 2 aromatic heterocycles. The molecular formula is C26H23ClN4O3. The van der Waals surface area contributed by atoms with Gasteiger partial charge in [0, 0.05) is 47.4 Å². The number of amides is 1. The number of halogens is 1. The van der Waals surface area contributed by atoms with Gasteiger partial charge in [-0.2, -0.15) is 0 Å². The minimum absolute atomic E-state index is 0.217. The standard InChI is InChI=1S/C26H23ClN4O3/c1-15-10-23-21(14-20(15)25(33)31-26-29-8-9-30-26)24(6-7-28-23)34-19-5-4-17(22(27)13-19)12-18(32)11-16-2-3-16/h4-10,13-14,16H,2-3,11-12H2,1H3,(H2,29,30,31,33). The summed E-state index contributed by atoms with van der Waals surface area (Å²) >= 11 is 6.46. The molecule has 0 radical (unpaired) electrons. The van der Waals surface area contributed by atoms with E-state index in [1.165, 1.54) is 0 Å². The molecule has 34 heavy (non-hydrogen) atoms. The van der Waals surface area contributed by atoms with Crippen molar-refractivity contribution >= 4 is 40.1 Å². The van der Waals surface area contributed by atoms with Crippen molar-refractivity contribution in [3.63, 3.8) is 0 Å². The number of ether oxygens (including phenoxy) is 1. The fourth-order valence-electron chi connectivity index (χ4n) is 3.90. The maximum atomic E-state index is 12.8. The van der Waals surface area contributed by atoms with Crippen LogP contribution in [0.4, 0.5) is 5.95 Å². The van der Waals surface area contributed by atoms with Crippen LogP contribution in [0.25, 0.3) is 10.9 Å². The van der Waals surface area contributed by atoms with Gasteiger partial charge in [-0.1, -0.05) is 17.7 Å². The van der Waals surface area contributed by atoms with E-state index in [0.717, 1.165) is 24.0 Å². The van der Waals surface area contributed by atoms with Crippen LogP contribution in [0.15, 0.2) is 55.0 Å². The van der Waals surface area contributed by atoms with Crippen LogP contribution in [0.3, 0.4) is 0 Å². The smallest absolute Gasteiger partial charge is 0.258 e. The minimum atomic E-state index is -0.285. The van der Waals surface area contributed by atoms with E-state index in [0.29, 0.717) is 57.7 Å². The monoisotopic (exact) mass is 474 g/mol. The molecule has 0 spiro atoms. The number of nitrogens with one attached hydrogen (secondary N) is 2. The second kappa shape index (κ2) is 9.27. The number of carbonyl (C=O) groups is 2. The van der Waals surface area contributed by atoms with Crippen molar-refractivity contribution in [1.29, 1.82) is 0 Å². The number of anilines is 1. The van der Waals surface area contributed by atoms with Crippen molar-refractivity contribution in [2.75, 3.05) is 5.32 Å². The molecule has 0 bridgehead atoms. The SMILES string of the molecule is Cc1cc2nccc(Oc3ccc(CC(=O)CC4CC4)c(Cl)c3)c2cc1C(=O)Nc1ncc[nH]1. The molecule has 0 aliphatic heterocycles. The fourth-order valence-corrected chi connectivity index (χ4v) is 4.14. The largest absolute Gasteiger partial charge is 0.457 e. The van der Waals surface area contributed by atoms with E-state index < -0.39 is 0 Å². The molecule has 2 aromatic carbocycles. The molecule has 0 unspecified atom stereocenters. The van der Waals surface area contributed by atoms with Gasteiger partial charge in [0.05, 0.1) is 5.52 Å². The van der Waals surface area contributed by atoms with Crippen molar-refractivity contribution in [2.24, 2.45) is 5.92 Å². The summed E-state index contributed by atoms with van der Waals surface area (Å²) in [5.41, 5.74) is 2.78. The van der Waals surface area contributed by atoms with Crippen molar-refractivity contribution in [3.8, 4) is 11.5 Å². The predicted octanol–water partition coefficient (Wildman–Crippen LogP) is 5.88. The summed E-state index contributed by atoms with van der Waals surface area (Å²) in [4.78, 5) is 36.3. The highest BCUT2D eigenvalue weighted by molar-refractivity contribution is 6.31. The molecule has 172 valence electrons. The number of ketones is 1. The van der Waals surface area contributed by atoms with E-state index in [9.17, 15) is 9.59 Å². The van der Waals surface area contributed by atoms with Gasteiger partial charge in [-0.25, -0.2) is 4.98 Å². The van der Waals surface area contributed by atoms with Crippen LogP contribution < -0.4 is 10.1 Å². The van der Waals surface area contributed by atoms with Gasteiger partial charge < -0.3 is 9.72 Å². The van der Waals surface area contributed by atoms with E-state index >= 15 is 0 Å². The lowest BCUT2D eigenvalue weighted by Gasteiger charge is -2.13. The molecule has 2 N–H and O–H groups in total. The number of aromatic nitrogens is 3. The summed E-state index contributed by atoms with van der Waals surface area (Å²) < 4.78 is 6.13. The molecule has 4 aromatic rings. The van der Waals surface area contributed by atoms with Crippen LogP contribution in [0.5, 0.6) is 11.5 Å². The molecule has 2 heterocycles. The van der Waals surface area contributed by atoms with Gasteiger partial charge in [0.1, 0.15) is 17.3 Å². The molecule has 5 rings (SSSR count). The number of aromatic amines is 1. The summed E-state index contributed by atoms with van der Waals surface area (Å²) in [5, 5.41) is 3.93. The quantitative estimate of drug-likeness (QED) is 0.332. The fraction of sp³-hybridized carbons (Fsp3) is 0.231. The number of aryl methyl sites for hydroxylation is 1. The van der Waals surface area contributed by atoms with Gasteiger partial charge in [0.2, 0.25) is 5.95 Å². The number of fused-ring (bicyclic) bond motifs is 1. The molecular weight excluding hydrogens is 452 g/mol. The molecule has 7 nitrogen and oxygen atoms in total. The minimum Gasteiger partial charge on any atom is -0.457 e. The van der Waals surface area contributed by atoms with Crippen LogP contribution in [-0.2, 0) is 11.2 Å². The lowest BCUT2D eigenvalue weighted by molar-refractivity contribution is -0.118. The molecule has 1 aliphatic rings. The molecule has 0 saturated heterocycles. The number of Topliss-reactive ketones (excluding diaryl/α,β-unsaturated/α-hetero) is 1. The Balaban J connectivity index is 1.39. The van der Waals surface area contributed by atoms with Crippen molar-refractivity contribution in [2.45, 2.75) is 32.6 Å². The Morgan fingerprint density at radius 2 is 2.00 bits per heavy atom. The molecule has 8 heteroatoms. The molecule has 1 saturated carbocycles. The zero-order valence-electron chi connectivity index (χ0n) is 18.6.